The molecule has 0 N–H and O–H groups in total. The molecule has 0 aromatic rings. The largest absolute Gasteiger partial charge is 0.350 e. The molecule has 1 aliphatic rings. The first-order valence-corrected chi connectivity index (χ1v) is 6.17. The molecular weight excluding hydrogens is 212 g/mol. The zero-order valence-corrected chi connectivity index (χ0v) is 9.10. The molecule has 0 amide bonds. The molecule has 1 heterocycles. The van der Waals surface area contributed by atoms with Crippen LogP contribution in [0, 0.1) is 11.8 Å². The highest BCUT2D eigenvalue weighted by Crippen LogP contribution is 2.29. The quantitative estimate of drug-likeness (QED) is 0.733. The molecule has 6 heteroatoms. The Hall–Kier alpha value is -0.230. The Morgan fingerprint density at radius 1 is 1.43 bits per heavy atom. The van der Waals surface area contributed by atoms with Gasteiger partial charge in [-0.3, -0.25) is 0 Å². The van der Waals surface area contributed by atoms with Crippen molar-refractivity contribution in [3.63, 3.8) is 0 Å². The maximum atomic E-state index is 12.2. The molecule has 1 rings (SSSR count). The minimum atomic E-state index is -4.35. The van der Waals surface area contributed by atoms with E-state index in [1.807, 2.05) is 13.8 Å². The summed E-state index contributed by atoms with van der Waals surface area (Å²) in [4.78, 5) is 0. The molecule has 0 aliphatic carbocycles. The van der Waals surface area contributed by atoms with Crippen LogP contribution >= 0.6 is 0 Å². The number of nitrogens with zero attached hydrogens (tertiary/aromatic N) is 1. The lowest BCUT2D eigenvalue weighted by atomic mass is 9.96. The monoisotopic (exact) mass is 227 g/mol. The van der Waals surface area contributed by atoms with Gasteiger partial charge in [-0.05, 0) is 11.8 Å². The van der Waals surface area contributed by atoms with E-state index < -0.39 is 15.8 Å². The molecule has 14 heavy (non-hydrogen) atoms. The molecule has 3 nitrogen and oxygen atoms in total. The molecule has 2 atom stereocenters. The molecule has 1 saturated heterocycles. The average Bonchev–Trinajstić information content (AvgIpc) is 2.47. The number of rotatable bonds is 3. The first-order valence-electron chi connectivity index (χ1n) is 4.66. The Kier molecular flexibility index (Phi) is 3.47. The summed E-state index contributed by atoms with van der Waals surface area (Å²) < 4.78 is 47.5. The van der Waals surface area contributed by atoms with Gasteiger partial charge in [-0.2, -0.15) is 13.1 Å². The van der Waals surface area contributed by atoms with Crippen molar-refractivity contribution in [1.82, 2.24) is 4.31 Å². The minimum absolute atomic E-state index is 0.175. The summed E-state index contributed by atoms with van der Waals surface area (Å²) in [7, 11) is -4.35. The van der Waals surface area contributed by atoms with Crippen LogP contribution < -0.4 is 0 Å². The minimum Gasteiger partial charge on any atom is -0.206 e. The van der Waals surface area contributed by atoms with Gasteiger partial charge >= 0.3 is 5.76 Å². The summed E-state index contributed by atoms with van der Waals surface area (Å²) in [6.45, 7) is 4.31. The van der Waals surface area contributed by atoms with Crippen LogP contribution in [0.5, 0.6) is 0 Å². The SMILES string of the molecule is CC[C@H]1CN(S(=O)(=O)C(F)F)CC1C. The topological polar surface area (TPSA) is 37.4 Å². The lowest BCUT2D eigenvalue weighted by Gasteiger charge is -2.14. The highest BCUT2D eigenvalue weighted by molar-refractivity contribution is 7.89. The molecule has 0 aromatic carbocycles. The molecule has 1 fully saturated rings. The van der Waals surface area contributed by atoms with E-state index in [4.69, 9.17) is 0 Å². The van der Waals surface area contributed by atoms with Crippen molar-refractivity contribution >= 4 is 10.0 Å². The second-order valence-electron chi connectivity index (χ2n) is 3.77. The number of hydrogen-bond donors (Lipinski definition) is 0. The Morgan fingerprint density at radius 2 is 2.00 bits per heavy atom. The van der Waals surface area contributed by atoms with Crippen molar-refractivity contribution in [3.8, 4) is 0 Å². The third kappa shape index (κ3) is 2.06. The maximum Gasteiger partial charge on any atom is 0.350 e. The van der Waals surface area contributed by atoms with Gasteiger partial charge in [-0.25, -0.2) is 8.42 Å². The number of halogens is 2. The normalized spacial score (nSPS) is 30.1. The standard InChI is InChI=1S/C8H15F2NO2S/c1-3-7-5-11(4-6(7)2)14(12,13)8(9)10/h6-8H,3-5H2,1-2H3/t6?,7-/m0/s1. The third-order valence-electron chi connectivity index (χ3n) is 2.84. The van der Waals surface area contributed by atoms with Crippen molar-refractivity contribution in [2.24, 2.45) is 11.8 Å². The molecule has 1 unspecified atom stereocenters. The van der Waals surface area contributed by atoms with Crippen molar-refractivity contribution in [2.75, 3.05) is 13.1 Å². The first kappa shape index (κ1) is 11.8. The van der Waals surface area contributed by atoms with E-state index in [0.29, 0.717) is 0 Å². The smallest absolute Gasteiger partial charge is 0.206 e. The second kappa shape index (κ2) is 4.10. The van der Waals surface area contributed by atoms with Crippen molar-refractivity contribution in [1.29, 1.82) is 0 Å². The van der Waals surface area contributed by atoms with Gasteiger partial charge in [0.05, 0.1) is 0 Å². The molecule has 0 aromatic heterocycles. The summed E-state index contributed by atoms with van der Waals surface area (Å²) in [5.41, 5.74) is 0. The summed E-state index contributed by atoms with van der Waals surface area (Å²) in [5, 5.41) is 0. The molecule has 0 spiro atoms. The lowest BCUT2D eigenvalue weighted by Crippen LogP contribution is -2.33. The van der Waals surface area contributed by atoms with E-state index in [0.717, 1.165) is 10.7 Å². The van der Waals surface area contributed by atoms with Gasteiger partial charge in [0.15, 0.2) is 0 Å². The fourth-order valence-corrected chi connectivity index (χ4v) is 2.91. The first-order chi connectivity index (χ1) is 6.39. The highest BCUT2D eigenvalue weighted by Gasteiger charge is 2.39. The zero-order valence-electron chi connectivity index (χ0n) is 8.28. The van der Waals surface area contributed by atoms with Crippen LogP contribution in [0.4, 0.5) is 8.78 Å². The van der Waals surface area contributed by atoms with Gasteiger partial charge in [0.25, 0.3) is 10.0 Å². The van der Waals surface area contributed by atoms with E-state index in [9.17, 15) is 17.2 Å². The maximum absolute atomic E-state index is 12.2. The Balaban J connectivity index is 2.75. The van der Waals surface area contributed by atoms with Gasteiger partial charge in [-0.15, -0.1) is 0 Å². The fraction of sp³-hybridized carbons (Fsp3) is 1.00. The number of hydrogen-bond acceptors (Lipinski definition) is 2. The van der Waals surface area contributed by atoms with Crippen LogP contribution in [0.25, 0.3) is 0 Å². The lowest BCUT2D eigenvalue weighted by molar-refractivity contribution is 0.221. The zero-order chi connectivity index (χ0) is 10.9. The number of alkyl halides is 2. The second-order valence-corrected chi connectivity index (χ2v) is 5.67. The van der Waals surface area contributed by atoms with Crippen LogP contribution in [0.15, 0.2) is 0 Å². The van der Waals surface area contributed by atoms with E-state index in [1.54, 1.807) is 0 Å². The molecular formula is C8H15F2NO2S. The predicted molar refractivity (Wildman–Crippen MR) is 49.4 cm³/mol. The van der Waals surface area contributed by atoms with E-state index in [1.165, 1.54) is 0 Å². The summed E-state index contributed by atoms with van der Waals surface area (Å²) >= 11 is 0. The highest BCUT2D eigenvalue weighted by atomic mass is 32.2. The van der Waals surface area contributed by atoms with Crippen LogP contribution in [0.1, 0.15) is 20.3 Å². The molecule has 0 radical (unpaired) electrons. The third-order valence-corrected chi connectivity index (χ3v) is 4.31. The van der Waals surface area contributed by atoms with Crippen LogP contribution in [0.3, 0.4) is 0 Å². The van der Waals surface area contributed by atoms with Crippen molar-refractivity contribution in [2.45, 2.75) is 26.0 Å². The van der Waals surface area contributed by atoms with Crippen LogP contribution in [0.2, 0.25) is 0 Å². The predicted octanol–water partition coefficient (Wildman–Crippen LogP) is 1.52. The van der Waals surface area contributed by atoms with E-state index >= 15 is 0 Å². The van der Waals surface area contributed by atoms with Gasteiger partial charge in [-0.1, -0.05) is 20.3 Å². The van der Waals surface area contributed by atoms with Gasteiger partial charge in [0.2, 0.25) is 0 Å². The molecule has 0 bridgehead atoms. The fourth-order valence-electron chi connectivity index (χ4n) is 1.84. The van der Waals surface area contributed by atoms with Crippen molar-refractivity contribution < 1.29 is 17.2 Å². The molecule has 84 valence electrons. The molecule has 1 aliphatic heterocycles. The Morgan fingerprint density at radius 3 is 2.36 bits per heavy atom. The van der Waals surface area contributed by atoms with E-state index in [-0.39, 0.29) is 24.9 Å². The van der Waals surface area contributed by atoms with Crippen molar-refractivity contribution in [3.05, 3.63) is 0 Å². The Labute approximate surface area is 83.1 Å². The van der Waals surface area contributed by atoms with Gasteiger partial charge in [0, 0.05) is 13.1 Å². The van der Waals surface area contributed by atoms with E-state index in [2.05, 4.69) is 0 Å². The van der Waals surface area contributed by atoms with Crippen LogP contribution in [-0.4, -0.2) is 31.6 Å². The number of sulfonamides is 1. The summed E-state index contributed by atoms with van der Waals surface area (Å²) in [6.07, 6.45) is 0.830. The van der Waals surface area contributed by atoms with Crippen LogP contribution in [-0.2, 0) is 10.0 Å². The van der Waals surface area contributed by atoms with Gasteiger partial charge < -0.3 is 0 Å². The Bertz CT molecular complexity index is 292. The average molecular weight is 227 g/mol. The summed E-state index contributed by atoms with van der Waals surface area (Å²) in [5.74, 6) is -2.90. The van der Waals surface area contributed by atoms with Gasteiger partial charge in [0.1, 0.15) is 0 Å². The summed E-state index contributed by atoms with van der Waals surface area (Å²) in [6, 6.07) is 0. The molecule has 0 saturated carbocycles.